The Kier molecular flexibility index (Phi) is 4.92. The predicted molar refractivity (Wildman–Crippen MR) is 73.0 cm³/mol. The highest BCUT2D eigenvalue weighted by molar-refractivity contribution is 7.17. The van der Waals surface area contributed by atoms with Crippen LogP contribution in [0.25, 0.3) is 0 Å². The van der Waals surface area contributed by atoms with Crippen molar-refractivity contribution in [3.63, 3.8) is 0 Å². The monoisotopic (exact) mass is 268 g/mol. The first-order valence-electron chi connectivity index (χ1n) is 6.65. The van der Waals surface area contributed by atoms with Gasteiger partial charge in [0.15, 0.2) is 0 Å². The van der Waals surface area contributed by atoms with Gasteiger partial charge in [-0.25, -0.2) is 0 Å². The fourth-order valence-corrected chi connectivity index (χ4v) is 2.38. The fraction of sp³-hybridized carbons (Fsp3) is 0.750. The molecule has 2 rings (SSSR count). The van der Waals surface area contributed by atoms with E-state index >= 15 is 0 Å². The van der Waals surface area contributed by atoms with Gasteiger partial charge in [0.2, 0.25) is 10.1 Å². The number of carbonyl (C=O) groups excluding carboxylic acids is 1. The molecule has 1 aromatic rings. The van der Waals surface area contributed by atoms with Crippen LogP contribution < -0.4 is 10.6 Å². The van der Waals surface area contributed by atoms with Gasteiger partial charge in [-0.1, -0.05) is 31.1 Å². The lowest BCUT2D eigenvalue weighted by molar-refractivity contribution is 0.0951. The Morgan fingerprint density at radius 2 is 2.22 bits per heavy atom. The molecule has 100 valence electrons. The minimum atomic E-state index is -0.104. The fourth-order valence-electron chi connectivity index (χ4n) is 1.69. The zero-order valence-electron chi connectivity index (χ0n) is 10.7. The molecule has 5 nitrogen and oxygen atoms in total. The second-order valence-corrected chi connectivity index (χ2v) is 5.66. The van der Waals surface area contributed by atoms with E-state index in [0.717, 1.165) is 37.0 Å². The Bertz CT molecular complexity index is 389. The van der Waals surface area contributed by atoms with Crippen LogP contribution in [-0.2, 0) is 0 Å². The number of carbonyl (C=O) groups is 1. The molecule has 2 N–H and O–H groups in total. The van der Waals surface area contributed by atoms with Gasteiger partial charge in [0.25, 0.3) is 5.91 Å². The molecule has 1 saturated carbocycles. The van der Waals surface area contributed by atoms with Crippen LogP contribution in [0.1, 0.15) is 48.8 Å². The summed E-state index contributed by atoms with van der Waals surface area (Å²) < 4.78 is 0. The van der Waals surface area contributed by atoms with Crippen LogP contribution in [0.3, 0.4) is 0 Å². The zero-order valence-corrected chi connectivity index (χ0v) is 11.6. The maximum atomic E-state index is 11.8. The minimum Gasteiger partial charge on any atom is -0.360 e. The highest BCUT2D eigenvalue weighted by Gasteiger charge is 2.20. The Morgan fingerprint density at radius 1 is 1.39 bits per heavy atom. The zero-order chi connectivity index (χ0) is 12.8. The Hall–Kier alpha value is -1.17. The van der Waals surface area contributed by atoms with Crippen molar-refractivity contribution >= 4 is 22.4 Å². The van der Waals surface area contributed by atoms with Crippen molar-refractivity contribution in [3.05, 3.63) is 5.01 Å². The lowest BCUT2D eigenvalue weighted by atomic mass is 10.2. The number of amides is 1. The van der Waals surface area contributed by atoms with E-state index in [-0.39, 0.29) is 5.91 Å². The molecule has 18 heavy (non-hydrogen) atoms. The van der Waals surface area contributed by atoms with E-state index in [1.54, 1.807) is 0 Å². The van der Waals surface area contributed by atoms with Gasteiger partial charge in [-0.05, 0) is 25.2 Å². The highest BCUT2D eigenvalue weighted by atomic mass is 32.1. The van der Waals surface area contributed by atoms with Gasteiger partial charge < -0.3 is 10.6 Å². The summed E-state index contributed by atoms with van der Waals surface area (Å²) in [5, 5.41) is 15.0. The van der Waals surface area contributed by atoms with Crippen LogP contribution in [0.15, 0.2) is 0 Å². The largest absolute Gasteiger partial charge is 0.360 e. The Balaban J connectivity index is 1.68. The second-order valence-electron chi connectivity index (χ2n) is 4.68. The first-order valence-corrected chi connectivity index (χ1v) is 7.47. The van der Waals surface area contributed by atoms with Crippen molar-refractivity contribution in [2.75, 3.05) is 18.4 Å². The van der Waals surface area contributed by atoms with E-state index in [2.05, 4.69) is 27.8 Å². The predicted octanol–water partition coefficient (Wildman–Crippen LogP) is 2.28. The SMILES string of the molecule is CCCNc1nnc(C(=O)NCCCC2CC2)s1. The van der Waals surface area contributed by atoms with Crippen LogP contribution >= 0.6 is 11.3 Å². The van der Waals surface area contributed by atoms with Crippen LogP contribution in [0, 0.1) is 5.92 Å². The number of aromatic nitrogens is 2. The van der Waals surface area contributed by atoms with Gasteiger partial charge in [0.1, 0.15) is 0 Å². The van der Waals surface area contributed by atoms with Crippen LogP contribution in [0.4, 0.5) is 5.13 Å². The van der Waals surface area contributed by atoms with Crippen molar-refractivity contribution in [2.24, 2.45) is 5.92 Å². The topological polar surface area (TPSA) is 66.9 Å². The molecule has 6 heteroatoms. The molecule has 0 radical (unpaired) electrons. The van der Waals surface area contributed by atoms with Gasteiger partial charge in [-0.15, -0.1) is 10.2 Å². The lowest BCUT2D eigenvalue weighted by Crippen LogP contribution is -2.24. The normalized spacial score (nSPS) is 14.5. The average molecular weight is 268 g/mol. The maximum absolute atomic E-state index is 11.8. The molecule has 1 amide bonds. The van der Waals surface area contributed by atoms with Gasteiger partial charge in [0, 0.05) is 13.1 Å². The van der Waals surface area contributed by atoms with Crippen molar-refractivity contribution in [2.45, 2.75) is 39.0 Å². The second kappa shape index (κ2) is 6.68. The van der Waals surface area contributed by atoms with Gasteiger partial charge in [-0.3, -0.25) is 4.79 Å². The molecule has 0 aliphatic heterocycles. The lowest BCUT2D eigenvalue weighted by Gasteiger charge is -2.01. The first-order chi connectivity index (χ1) is 8.79. The summed E-state index contributed by atoms with van der Waals surface area (Å²) in [4.78, 5) is 11.8. The third-order valence-electron chi connectivity index (χ3n) is 2.92. The Labute approximate surface area is 111 Å². The third-order valence-corrected chi connectivity index (χ3v) is 3.80. The summed E-state index contributed by atoms with van der Waals surface area (Å²) in [6.45, 7) is 3.69. The van der Waals surface area contributed by atoms with E-state index in [1.165, 1.54) is 30.6 Å². The maximum Gasteiger partial charge on any atom is 0.282 e. The number of anilines is 1. The molecule has 1 aliphatic carbocycles. The van der Waals surface area contributed by atoms with E-state index in [4.69, 9.17) is 0 Å². The molecule has 0 saturated heterocycles. The number of nitrogens with one attached hydrogen (secondary N) is 2. The number of rotatable bonds is 8. The molecule has 0 aromatic carbocycles. The standard InChI is InChI=1S/C12H20N4OS/c1-2-7-14-12-16-15-11(18-12)10(17)13-8-3-4-9-5-6-9/h9H,2-8H2,1H3,(H,13,17)(H,14,16). The smallest absolute Gasteiger partial charge is 0.282 e. The molecule has 0 atom stereocenters. The molecule has 0 bridgehead atoms. The number of nitrogens with zero attached hydrogens (tertiary/aromatic N) is 2. The van der Waals surface area contributed by atoms with E-state index in [9.17, 15) is 4.79 Å². The van der Waals surface area contributed by atoms with E-state index in [0.29, 0.717) is 5.01 Å². The van der Waals surface area contributed by atoms with Crippen molar-refractivity contribution in [1.82, 2.24) is 15.5 Å². The van der Waals surface area contributed by atoms with E-state index < -0.39 is 0 Å². The molecule has 1 heterocycles. The van der Waals surface area contributed by atoms with Crippen LogP contribution in [-0.4, -0.2) is 29.2 Å². The molecule has 1 aromatic heterocycles. The minimum absolute atomic E-state index is 0.104. The van der Waals surface area contributed by atoms with Gasteiger partial charge in [0.05, 0.1) is 0 Å². The van der Waals surface area contributed by atoms with Crippen LogP contribution in [0.5, 0.6) is 0 Å². The van der Waals surface area contributed by atoms with Crippen molar-refractivity contribution in [3.8, 4) is 0 Å². The van der Waals surface area contributed by atoms with Crippen LogP contribution in [0.2, 0.25) is 0 Å². The summed E-state index contributed by atoms with van der Waals surface area (Å²) in [5.41, 5.74) is 0. The summed E-state index contributed by atoms with van der Waals surface area (Å²) in [6, 6.07) is 0. The van der Waals surface area contributed by atoms with Gasteiger partial charge in [-0.2, -0.15) is 0 Å². The highest BCUT2D eigenvalue weighted by Crippen LogP contribution is 2.33. The molecule has 0 spiro atoms. The summed E-state index contributed by atoms with van der Waals surface area (Å²) in [5.74, 6) is 0.820. The van der Waals surface area contributed by atoms with Crippen molar-refractivity contribution in [1.29, 1.82) is 0 Å². The molecule has 0 unspecified atom stereocenters. The van der Waals surface area contributed by atoms with Crippen molar-refractivity contribution < 1.29 is 4.79 Å². The first kappa shape index (κ1) is 13.3. The average Bonchev–Trinajstić information content (AvgIpc) is 3.08. The summed E-state index contributed by atoms with van der Waals surface area (Å²) in [7, 11) is 0. The molecular formula is C12H20N4OS. The van der Waals surface area contributed by atoms with E-state index in [1.807, 2.05) is 0 Å². The number of hydrogen-bond donors (Lipinski definition) is 2. The molecule has 1 aliphatic rings. The summed E-state index contributed by atoms with van der Waals surface area (Å²) >= 11 is 1.31. The molecular weight excluding hydrogens is 248 g/mol. The molecule has 1 fully saturated rings. The quantitative estimate of drug-likeness (QED) is 0.710. The van der Waals surface area contributed by atoms with Gasteiger partial charge >= 0.3 is 0 Å². The third kappa shape index (κ3) is 4.25. The summed E-state index contributed by atoms with van der Waals surface area (Å²) in [6.07, 6.45) is 6.08. The Morgan fingerprint density at radius 3 is 2.94 bits per heavy atom. The number of hydrogen-bond acceptors (Lipinski definition) is 5.